The molecule has 2 aromatic rings. The molecule has 21 heavy (non-hydrogen) atoms. The molecular weight excluding hydrogens is 401 g/mol. The summed E-state index contributed by atoms with van der Waals surface area (Å²) in [4.78, 5) is 0. The molecule has 0 spiro atoms. The molecule has 1 N–H and O–H groups in total. The van der Waals surface area contributed by atoms with Crippen molar-refractivity contribution in [3.05, 3.63) is 62.3 Å². The Morgan fingerprint density at radius 3 is 2.48 bits per heavy atom. The van der Waals surface area contributed by atoms with Crippen LogP contribution in [-0.2, 0) is 6.42 Å². The summed E-state index contributed by atoms with van der Waals surface area (Å²) < 4.78 is 20.1. The van der Waals surface area contributed by atoms with Crippen LogP contribution in [0.15, 0.2) is 45.3 Å². The van der Waals surface area contributed by atoms with Crippen molar-refractivity contribution in [3.63, 3.8) is 0 Å². The van der Waals surface area contributed by atoms with Crippen molar-refractivity contribution in [2.24, 2.45) is 0 Å². The van der Waals surface area contributed by atoms with E-state index in [1.165, 1.54) is 17.7 Å². The van der Waals surface area contributed by atoms with E-state index in [0.717, 1.165) is 26.7 Å². The van der Waals surface area contributed by atoms with Crippen molar-refractivity contribution in [3.8, 4) is 5.75 Å². The molecule has 0 aromatic heterocycles. The van der Waals surface area contributed by atoms with Crippen LogP contribution in [0, 0.1) is 5.82 Å². The summed E-state index contributed by atoms with van der Waals surface area (Å²) in [6, 6.07) is 10.9. The van der Waals surface area contributed by atoms with E-state index in [4.69, 9.17) is 4.74 Å². The summed E-state index contributed by atoms with van der Waals surface area (Å²) in [7, 11) is 3.55. The van der Waals surface area contributed by atoms with Crippen LogP contribution in [0.2, 0.25) is 0 Å². The SMILES string of the molecule is CNC(Cc1ccc(OC)c(Br)c1)c1ccc(F)cc1Br. The zero-order valence-electron chi connectivity index (χ0n) is 11.8. The van der Waals surface area contributed by atoms with E-state index >= 15 is 0 Å². The van der Waals surface area contributed by atoms with E-state index in [1.807, 2.05) is 25.2 Å². The first-order valence-corrected chi connectivity index (χ1v) is 8.08. The minimum Gasteiger partial charge on any atom is -0.496 e. The highest BCUT2D eigenvalue weighted by Crippen LogP contribution is 2.30. The Morgan fingerprint density at radius 1 is 1.14 bits per heavy atom. The largest absolute Gasteiger partial charge is 0.496 e. The van der Waals surface area contributed by atoms with E-state index in [1.54, 1.807) is 13.2 Å². The second kappa shape index (κ2) is 7.38. The Balaban J connectivity index is 2.24. The number of ether oxygens (including phenoxy) is 1. The van der Waals surface area contributed by atoms with Gasteiger partial charge in [-0.05, 0) is 64.8 Å². The lowest BCUT2D eigenvalue weighted by atomic mass is 9.99. The van der Waals surface area contributed by atoms with Gasteiger partial charge in [-0.2, -0.15) is 0 Å². The van der Waals surface area contributed by atoms with Crippen molar-refractivity contribution in [2.45, 2.75) is 12.5 Å². The molecule has 112 valence electrons. The lowest BCUT2D eigenvalue weighted by molar-refractivity contribution is 0.412. The van der Waals surface area contributed by atoms with E-state index in [2.05, 4.69) is 37.2 Å². The first-order chi connectivity index (χ1) is 10.0. The lowest BCUT2D eigenvalue weighted by Gasteiger charge is -2.19. The number of hydrogen-bond donors (Lipinski definition) is 1. The fourth-order valence-electron chi connectivity index (χ4n) is 2.22. The minimum atomic E-state index is -0.243. The van der Waals surface area contributed by atoms with Crippen LogP contribution in [0.1, 0.15) is 17.2 Å². The number of nitrogens with one attached hydrogen (secondary N) is 1. The zero-order valence-corrected chi connectivity index (χ0v) is 15.0. The number of methoxy groups -OCH3 is 1. The molecule has 5 heteroatoms. The minimum absolute atomic E-state index is 0.0975. The fraction of sp³-hybridized carbons (Fsp3) is 0.250. The third-order valence-corrected chi connectivity index (χ3v) is 4.65. The van der Waals surface area contributed by atoms with Gasteiger partial charge in [0, 0.05) is 10.5 Å². The number of likely N-dealkylation sites (N-methyl/N-ethyl adjacent to an activating group) is 1. The maximum atomic E-state index is 13.2. The molecule has 0 saturated heterocycles. The van der Waals surface area contributed by atoms with Crippen LogP contribution < -0.4 is 10.1 Å². The standard InChI is InChI=1S/C16H16Br2FNO/c1-20-15(12-5-4-11(19)9-13(12)17)8-10-3-6-16(21-2)14(18)7-10/h3-7,9,15,20H,8H2,1-2H3. The van der Waals surface area contributed by atoms with Gasteiger partial charge in [0.15, 0.2) is 0 Å². The van der Waals surface area contributed by atoms with Crippen LogP contribution in [0.4, 0.5) is 4.39 Å². The van der Waals surface area contributed by atoms with Crippen molar-refractivity contribution in [2.75, 3.05) is 14.2 Å². The van der Waals surface area contributed by atoms with Gasteiger partial charge in [-0.25, -0.2) is 4.39 Å². The predicted octanol–water partition coefficient (Wildman–Crippen LogP) is 4.86. The topological polar surface area (TPSA) is 21.3 Å². The van der Waals surface area contributed by atoms with Crippen LogP contribution in [0.5, 0.6) is 5.75 Å². The number of rotatable bonds is 5. The van der Waals surface area contributed by atoms with Crippen LogP contribution in [-0.4, -0.2) is 14.2 Å². The summed E-state index contributed by atoms with van der Waals surface area (Å²) in [6.45, 7) is 0. The van der Waals surface area contributed by atoms with Gasteiger partial charge in [0.1, 0.15) is 11.6 Å². The molecule has 0 heterocycles. The molecule has 0 radical (unpaired) electrons. The highest BCUT2D eigenvalue weighted by atomic mass is 79.9. The van der Waals surface area contributed by atoms with Crippen molar-refractivity contribution >= 4 is 31.9 Å². The molecule has 0 amide bonds. The molecule has 0 aliphatic carbocycles. The summed E-state index contributed by atoms with van der Waals surface area (Å²) in [5.74, 6) is 0.565. The van der Waals surface area contributed by atoms with Crippen LogP contribution >= 0.6 is 31.9 Å². The van der Waals surface area contributed by atoms with Crippen molar-refractivity contribution < 1.29 is 9.13 Å². The van der Waals surface area contributed by atoms with Gasteiger partial charge in [-0.1, -0.05) is 28.1 Å². The lowest BCUT2D eigenvalue weighted by Crippen LogP contribution is -2.19. The maximum Gasteiger partial charge on any atom is 0.133 e. The third kappa shape index (κ3) is 4.05. The molecule has 2 aromatic carbocycles. The number of halogens is 3. The average molecular weight is 417 g/mol. The molecule has 0 saturated carbocycles. The molecular formula is C16H16Br2FNO. The Bertz CT molecular complexity index is 634. The monoisotopic (exact) mass is 415 g/mol. The Morgan fingerprint density at radius 2 is 1.90 bits per heavy atom. The summed E-state index contributed by atoms with van der Waals surface area (Å²) in [5, 5.41) is 3.28. The first kappa shape index (κ1) is 16.5. The smallest absolute Gasteiger partial charge is 0.133 e. The molecule has 1 unspecified atom stereocenters. The Hall–Kier alpha value is -0.910. The summed E-state index contributed by atoms with van der Waals surface area (Å²) in [6.07, 6.45) is 0.795. The zero-order chi connectivity index (χ0) is 15.4. The van der Waals surface area contributed by atoms with E-state index in [-0.39, 0.29) is 11.9 Å². The highest BCUT2D eigenvalue weighted by molar-refractivity contribution is 9.10. The van der Waals surface area contributed by atoms with Gasteiger partial charge in [0.05, 0.1) is 11.6 Å². The third-order valence-electron chi connectivity index (χ3n) is 3.34. The highest BCUT2D eigenvalue weighted by Gasteiger charge is 2.14. The van der Waals surface area contributed by atoms with Gasteiger partial charge in [0.25, 0.3) is 0 Å². The molecule has 2 rings (SSSR count). The molecule has 2 nitrogen and oxygen atoms in total. The Kier molecular flexibility index (Phi) is 5.79. The normalized spacial score (nSPS) is 12.2. The van der Waals surface area contributed by atoms with Gasteiger partial charge in [0.2, 0.25) is 0 Å². The number of hydrogen-bond acceptors (Lipinski definition) is 2. The summed E-state index contributed by atoms with van der Waals surface area (Å²) >= 11 is 6.93. The number of benzene rings is 2. The van der Waals surface area contributed by atoms with Crippen molar-refractivity contribution in [1.29, 1.82) is 0 Å². The van der Waals surface area contributed by atoms with Crippen LogP contribution in [0.25, 0.3) is 0 Å². The first-order valence-electron chi connectivity index (χ1n) is 6.49. The second-order valence-corrected chi connectivity index (χ2v) is 6.39. The van der Waals surface area contributed by atoms with Gasteiger partial charge in [-0.15, -0.1) is 0 Å². The fourth-order valence-corrected chi connectivity index (χ4v) is 3.44. The van der Waals surface area contributed by atoms with E-state index in [9.17, 15) is 4.39 Å². The van der Waals surface area contributed by atoms with E-state index < -0.39 is 0 Å². The van der Waals surface area contributed by atoms with Gasteiger partial charge < -0.3 is 10.1 Å². The Labute approximate surface area is 141 Å². The predicted molar refractivity (Wildman–Crippen MR) is 90.3 cm³/mol. The molecule has 0 aliphatic heterocycles. The maximum absolute atomic E-state index is 13.2. The van der Waals surface area contributed by atoms with E-state index in [0.29, 0.717) is 0 Å². The quantitative estimate of drug-likeness (QED) is 0.751. The molecule has 1 atom stereocenters. The van der Waals surface area contributed by atoms with Crippen LogP contribution in [0.3, 0.4) is 0 Å². The molecule has 0 fully saturated rings. The summed E-state index contributed by atoms with van der Waals surface area (Å²) in [5.41, 5.74) is 2.20. The average Bonchev–Trinajstić information content (AvgIpc) is 2.45. The van der Waals surface area contributed by atoms with Gasteiger partial charge >= 0.3 is 0 Å². The second-order valence-electron chi connectivity index (χ2n) is 4.68. The molecule has 0 aliphatic rings. The molecule has 0 bridgehead atoms. The van der Waals surface area contributed by atoms with Gasteiger partial charge in [-0.3, -0.25) is 0 Å². The van der Waals surface area contributed by atoms with Crippen molar-refractivity contribution in [1.82, 2.24) is 5.32 Å².